The van der Waals surface area contributed by atoms with E-state index in [1.807, 2.05) is 25.2 Å². The number of ether oxygens (including phenoxy) is 1. The van der Waals surface area contributed by atoms with Crippen LogP contribution in [-0.4, -0.2) is 54.5 Å². The lowest BCUT2D eigenvalue weighted by molar-refractivity contribution is -0.131. The summed E-state index contributed by atoms with van der Waals surface area (Å²) >= 11 is 7.51. The Balaban J connectivity index is 1.33. The maximum Gasteiger partial charge on any atom is 0.236 e. The molecule has 1 saturated heterocycles. The molecular formula is C22H26ClN3O2S. The van der Waals surface area contributed by atoms with Crippen LogP contribution in [0.15, 0.2) is 36.5 Å². The summed E-state index contributed by atoms with van der Waals surface area (Å²) < 4.78 is 6.15. The fourth-order valence-electron chi connectivity index (χ4n) is 4.06. The zero-order valence-corrected chi connectivity index (χ0v) is 18.4. The van der Waals surface area contributed by atoms with E-state index in [1.54, 1.807) is 12.0 Å². The minimum absolute atomic E-state index is 0.157. The SMILES string of the molecule is COc1ccc2[nH]cc(C3CCN(CC(=O)N(C)Cc4ccc(Cl)s4)CC3)c2c1. The number of methoxy groups -OCH3 is 1. The van der Waals surface area contributed by atoms with Crippen molar-refractivity contribution in [1.82, 2.24) is 14.8 Å². The van der Waals surface area contributed by atoms with Crippen LogP contribution in [0, 0.1) is 0 Å². The molecule has 3 aromatic rings. The second-order valence-electron chi connectivity index (χ2n) is 7.66. The molecule has 2 aromatic heterocycles. The third-order valence-electron chi connectivity index (χ3n) is 5.75. The molecule has 1 fully saturated rings. The van der Waals surface area contributed by atoms with Gasteiger partial charge in [-0.25, -0.2) is 0 Å². The molecule has 1 N–H and O–H groups in total. The summed E-state index contributed by atoms with van der Waals surface area (Å²) in [5, 5.41) is 1.24. The molecule has 7 heteroatoms. The van der Waals surface area contributed by atoms with Crippen molar-refractivity contribution in [2.24, 2.45) is 0 Å². The van der Waals surface area contributed by atoms with Crippen molar-refractivity contribution in [3.8, 4) is 5.75 Å². The average Bonchev–Trinajstić information content (AvgIpc) is 3.33. The minimum Gasteiger partial charge on any atom is -0.497 e. The maximum atomic E-state index is 12.6. The number of piperidine rings is 1. The fraction of sp³-hybridized carbons (Fsp3) is 0.409. The van der Waals surface area contributed by atoms with Gasteiger partial charge in [-0.3, -0.25) is 9.69 Å². The number of rotatable bonds is 6. The first kappa shape index (κ1) is 20.3. The summed E-state index contributed by atoms with van der Waals surface area (Å²) in [5.74, 6) is 1.55. The van der Waals surface area contributed by atoms with E-state index in [1.165, 1.54) is 22.3 Å². The zero-order chi connectivity index (χ0) is 20.4. The van der Waals surface area contributed by atoms with E-state index in [2.05, 4.69) is 28.2 Å². The topological polar surface area (TPSA) is 48.6 Å². The highest BCUT2D eigenvalue weighted by molar-refractivity contribution is 7.16. The molecule has 29 heavy (non-hydrogen) atoms. The number of carbonyl (C=O) groups is 1. The predicted octanol–water partition coefficient (Wildman–Crippen LogP) is 4.73. The van der Waals surface area contributed by atoms with Crippen molar-refractivity contribution >= 4 is 39.7 Å². The first-order valence-corrected chi connectivity index (χ1v) is 11.1. The number of fused-ring (bicyclic) bond motifs is 1. The van der Waals surface area contributed by atoms with Gasteiger partial charge in [0.15, 0.2) is 0 Å². The van der Waals surface area contributed by atoms with Gasteiger partial charge in [-0.1, -0.05) is 11.6 Å². The summed E-state index contributed by atoms with van der Waals surface area (Å²) in [6.07, 6.45) is 4.25. The zero-order valence-electron chi connectivity index (χ0n) is 16.8. The Morgan fingerprint density at radius 1 is 1.31 bits per heavy atom. The molecular weight excluding hydrogens is 406 g/mol. The molecule has 0 bridgehead atoms. The second kappa shape index (κ2) is 8.78. The van der Waals surface area contributed by atoms with Gasteiger partial charge in [0, 0.05) is 29.0 Å². The smallest absolute Gasteiger partial charge is 0.236 e. The van der Waals surface area contributed by atoms with Crippen LogP contribution in [0.25, 0.3) is 10.9 Å². The third-order valence-corrected chi connectivity index (χ3v) is 6.97. The molecule has 1 aromatic carbocycles. The molecule has 0 unspecified atom stereocenters. The summed E-state index contributed by atoms with van der Waals surface area (Å²) in [6.45, 7) is 2.96. The van der Waals surface area contributed by atoms with E-state index in [9.17, 15) is 4.79 Å². The highest BCUT2D eigenvalue weighted by Gasteiger charge is 2.25. The quantitative estimate of drug-likeness (QED) is 0.613. The number of nitrogens with one attached hydrogen (secondary N) is 1. The number of H-pyrrole nitrogens is 1. The van der Waals surface area contributed by atoms with E-state index in [0.29, 0.717) is 19.0 Å². The van der Waals surface area contributed by atoms with Crippen LogP contribution in [0.4, 0.5) is 0 Å². The van der Waals surface area contributed by atoms with Gasteiger partial charge >= 0.3 is 0 Å². The molecule has 0 aliphatic carbocycles. The van der Waals surface area contributed by atoms with Crippen LogP contribution in [0.5, 0.6) is 5.75 Å². The van der Waals surface area contributed by atoms with Gasteiger partial charge in [0.1, 0.15) is 5.75 Å². The van der Waals surface area contributed by atoms with Crippen molar-refractivity contribution in [2.75, 3.05) is 33.8 Å². The van der Waals surface area contributed by atoms with E-state index >= 15 is 0 Å². The number of aromatic nitrogens is 1. The van der Waals surface area contributed by atoms with Crippen molar-refractivity contribution in [3.63, 3.8) is 0 Å². The molecule has 0 saturated carbocycles. The summed E-state index contributed by atoms with van der Waals surface area (Å²) in [7, 11) is 3.56. The van der Waals surface area contributed by atoms with Crippen LogP contribution >= 0.6 is 22.9 Å². The van der Waals surface area contributed by atoms with Gasteiger partial charge in [-0.05, 0) is 67.7 Å². The Bertz CT molecular complexity index is 991. The van der Waals surface area contributed by atoms with E-state index < -0.39 is 0 Å². The van der Waals surface area contributed by atoms with Gasteiger partial charge < -0.3 is 14.6 Å². The number of carbonyl (C=O) groups excluding carboxylic acids is 1. The normalized spacial score (nSPS) is 15.7. The van der Waals surface area contributed by atoms with Crippen LogP contribution in [0.2, 0.25) is 4.34 Å². The molecule has 3 heterocycles. The highest BCUT2D eigenvalue weighted by atomic mass is 35.5. The van der Waals surface area contributed by atoms with E-state index in [4.69, 9.17) is 16.3 Å². The molecule has 1 amide bonds. The number of hydrogen-bond donors (Lipinski definition) is 1. The lowest BCUT2D eigenvalue weighted by atomic mass is 9.89. The number of thiophene rings is 1. The third kappa shape index (κ3) is 4.60. The molecule has 0 atom stereocenters. The predicted molar refractivity (Wildman–Crippen MR) is 119 cm³/mol. The summed E-state index contributed by atoms with van der Waals surface area (Å²) in [5.41, 5.74) is 2.50. The summed E-state index contributed by atoms with van der Waals surface area (Å²) in [6, 6.07) is 10.0. The summed E-state index contributed by atoms with van der Waals surface area (Å²) in [4.78, 5) is 21.2. The Labute approximate surface area is 180 Å². The van der Waals surface area contributed by atoms with Crippen LogP contribution in [-0.2, 0) is 11.3 Å². The van der Waals surface area contributed by atoms with Gasteiger partial charge in [0.25, 0.3) is 0 Å². The Morgan fingerprint density at radius 2 is 2.10 bits per heavy atom. The molecule has 0 spiro atoms. The van der Waals surface area contributed by atoms with Gasteiger partial charge in [-0.2, -0.15) is 0 Å². The van der Waals surface area contributed by atoms with E-state index in [0.717, 1.165) is 46.4 Å². The van der Waals surface area contributed by atoms with Crippen molar-refractivity contribution in [1.29, 1.82) is 0 Å². The van der Waals surface area contributed by atoms with Gasteiger partial charge in [-0.15, -0.1) is 11.3 Å². The monoisotopic (exact) mass is 431 g/mol. The largest absolute Gasteiger partial charge is 0.497 e. The molecule has 0 radical (unpaired) electrons. The van der Waals surface area contributed by atoms with Gasteiger partial charge in [0.05, 0.1) is 24.5 Å². The molecule has 1 aliphatic heterocycles. The Kier molecular flexibility index (Phi) is 6.13. The highest BCUT2D eigenvalue weighted by Crippen LogP contribution is 2.34. The van der Waals surface area contributed by atoms with Crippen LogP contribution in [0.3, 0.4) is 0 Å². The average molecular weight is 432 g/mol. The van der Waals surface area contributed by atoms with Crippen LogP contribution in [0.1, 0.15) is 29.2 Å². The number of amides is 1. The molecule has 154 valence electrons. The Hall–Kier alpha value is -2.02. The number of aromatic amines is 1. The lowest BCUT2D eigenvalue weighted by Gasteiger charge is -2.32. The standard InChI is InChI=1S/C22H26ClN3O2S/c1-25(13-17-4-6-21(23)29-17)22(27)14-26-9-7-15(8-10-26)19-12-24-20-5-3-16(28-2)11-18(19)20/h3-6,11-12,15,24H,7-10,13-14H2,1-2H3. The number of hydrogen-bond acceptors (Lipinski definition) is 4. The number of likely N-dealkylation sites (N-methyl/N-ethyl adjacent to an activating group) is 1. The minimum atomic E-state index is 0.157. The maximum absolute atomic E-state index is 12.6. The number of benzene rings is 1. The number of likely N-dealkylation sites (tertiary alicyclic amines) is 1. The van der Waals surface area contributed by atoms with E-state index in [-0.39, 0.29) is 5.91 Å². The Morgan fingerprint density at radius 3 is 2.79 bits per heavy atom. The van der Waals surface area contributed by atoms with Crippen LogP contribution < -0.4 is 4.74 Å². The van der Waals surface area contributed by atoms with Crippen molar-refractivity contribution < 1.29 is 9.53 Å². The van der Waals surface area contributed by atoms with Crippen molar-refractivity contribution in [2.45, 2.75) is 25.3 Å². The van der Waals surface area contributed by atoms with Gasteiger partial charge in [0.2, 0.25) is 5.91 Å². The molecule has 5 nitrogen and oxygen atoms in total. The first-order chi connectivity index (χ1) is 14.0. The second-order valence-corrected chi connectivity index (χ2v) is 9.46. The van der Waals surface area contributed by atoms with Crippen molar-refractivity contribution in [3.05, 3.63) is 51.3 Å². The first-order valence-electron chi connectivity index (χ1n) is 9.89. The number of halogens is 1. The molecule has 1 aliphatic rings. The lowest BCUT2D eigenvalue weighted by Crippen LogP contribution is -2.41. The molecule has 4 rings (SSSR count). The fourth-order valence-corrected chi connectivity index (χ4v) is 5.20. The number of nitrogens with zero attached hydrogens (tertiary/aromatic N) is 2.